The number of benzene rings is 2. The molecule has 2 aliphatic heterocycles. The number of non-ortho nitro benzene ring substituents is 1. The summed E-state index contributed by atoms with van der Waals surface area (Å²) in [5.74, 6) is 0.118. The van der Waals surface area contributed by atoms with E-state index in [0.717, 1.165) is 29.4 Å². The van der Waals surface area contributed by atoms with Crippen molar-refractivity contribution in [1.82, 2.24) is 0 Å². The van der Waals surface area contributed by atoms with Crippen molar-refractivity contribution < 1.29 is 14.1 Å². The van der Waals surface area contributed by atoms with Gasteiger partial charge in [0, 0.05) is 35.6 Å². The van der Waals surface area contributed by atoms with Crippen LogP contribution in [0.4, 0.5) is 11.4 Å². The summed E-state index contributed by atoms with van der Waals surface area (Å²) < 4.78 is 11.7. The molecule has 0 aliphatic carbocycles. The van der Waals surface area contributed by atoms with Gasteiger partial charge in [0.1, 0.15) is 11.3 Å². The topological polar surface area (TPSA) is 94.6 Å². The van der Waals surface area contributed by atoms with Gasteiger partial charge in [0.15, 0.2) is 0 Å². The van der Waals surface area contributed by atoms with Crippen LogP contribution >= 0.6 is 0 Å². The number of fused-ring (bicyclic) bond motifs is 5. The van der Waals surface area contributed by atoms with Crippen molar-refractivity contribution in [2.45, 2.75) is 25.0 Å². The van der Waals surface area contributed by atoms with Gasteiger partial charge in [-0.3, -0.25) is 10.1 Å². The molecular formula is C21H18N2O5. The predicted molar refractivity (Wildman–Crippen MR) is 103 cm³/mol. The number of nitro benzene ring substituents is 1. The van der Waals surface area contributed by atoms with E-state index in [1.54, 1.807) is 18.2 Å². The molecule has 3 heterocycles. The Balaban J connectivity index is 1.66. The molecule has 1 fully saturated rings. The lowest BCUT2D eigenvalue weighted by Gasteiger charge is -2.43. The highest BCUT2D eigenvalue weighted by atomic mass is 16.6. The van der Waals surface area contributed by atoms with Crippen molar-refractivity contribution in [3.8, 4) is 0 Å². The quantitative estimate of drug-likeness (QED) is 0.405. The summed E-state index contributed by atoms with van der Waals surface area (Å²) in [5.41, 5.74) is 2.34. The summed E-state index contributed by atoms with van der Waals surface area (Å²) >= 11 is 0. The molecule has 142 valence electrons. The minimum absolute atomic E-state index is 0.0434. The maximum atomic E-state index is 12.7. The number of anilines is 1. The van der Waals surface area contributed by atoms with E-state index < -0.39 is 10.5 Å². The fraction of sp³-hybridized carbons (Fsp3) is 0.286. The van der Waals surface area contributed by atoms with Crippen LogP contribution in [0.25, 0.3) is 11.0 Å². The fourth-order valence-electron chi connectivity index (χ4n) is 4.45. The Morgan fingerprint density at radius 3 is 2.68 bits per heavy atom. The number of rotatable bonds is 2. The molecule has 1 N–H and O–H groups in total. The molecule has 28 heavy (non-hydrogen) atoms. The molecule has 2 aliphatic rings. The monoisotopic (exact) mass is 378 g/mol. The first-order chi connectivity index (χ1) is 13.6. The number of hydrogen-bond acceptors (Lipinski definition) is 6. The Labute approximate surface area is 160 Å². The summed E-state index contributed by atoms with van der Waals surface area (Å²) in [5, 5.41) is 15.2. The van der Waals surface area contributed by atoms with Crippen LogP contribution in [0.15, 0.2) is 57.7 Å². The van der Waals surface area contributed by atoms with E-state index in [-0.39, 0.29) is 23.8 Å². The molecule has 0 radical (unpaired) electrons. The summed E-state index contributed by atoms with van der Waals surface area (Å²) in [4.78, 5) is 23.2. The minimum Gasteiger partial charge on any atom is -0.421 e. The molecule has 2 aromatic carbocycles. The van der Waals surface area contributed by atoms with Crippen LogP contribution in [0.5, 0.6) is 0 Å². The van der Waals surface area contributed by atoms with Crippen LogP contribution in [0, 0.1) is 16.0 Å². The summed E-state index contributed by atoms with van der Waals surface area (Å²) in [7, 11) is 0. The lowest BCUT2D eigenvalue weighted by molar-refractivity contribution is -0.384. The average Bonchev–Trinajstić information content (AvgIpc) is 2.73. The van der Waals surface area contributed by atoms with E-state index in [4.69, 9.17) is 9.15 Å². The number of nitro groups is 1. The maximum absolute atomic E-state index is 12.7. The lowest BCUT2D eigenvalue weighted by atomic mass is 9.77. The van der Waals surface area contributed by atoms with Crippen LogP contribution in [-0.2, 0) is 4.74 Å². The molecule has 3 aromatic rings. The number of nitrogens with one attached hydrogen (secondary N) is 1. The van der Waals surface area contributed by atoms with E-state index in [9.17, 15) is 14.9 Å². The first-order valence-corrected chi connectivity index (χ1v) is 9.32. The molecule has 1 aromatic heterocycles. The van der Waals surface area contributed by atoms with Crippen LogP contribution in [0.1, 0.15) is 36.1 Å². The zero-order valence-electron chi connectivity index (χ0n) is 15.0. The third-order valence-electron chi connectivity index (χ3n) is 5.70. The number of nitrogens with zero attached hydrogens (tertiary/aromatic N) is 1. The SMILES string of the molecule is O=c1oc2ccccc2c2c1N[C@@H](c1ccc([N+](=O)[O-])cc1)[C@@H]1CCCO[C@H]21. The van der Waals surface area contributed by atoms with Gasteiger partial charge in [0.05, 0.1) is 17.1 Å². The molecule has 3 atom stereocenters. The third kappa shape index (κ3) is 2.58. The van der Waals surface area contributed by atoms with Gasteiger partial charge in [0.25, 0.3) is 5.69 Å². The Bertz CT molecular complexity index is 1120. The van der Waals surface area contributed by atoms with Gasteiger partial charge in [-0.15, -0.1) is 0 Å². The molecule has 7 nitrogen and oxygen atoms in total. The molecule has 5 rings (SSSR count). The molecule has 7 heteroatoms. The number of ether oxygens (including phenoxy) is 1. The van der Waals surface area contributed by atoms with Crippen molar-refractivity contribution in [2.75, 3.05) is 11.9 Å². The van der Waals surface area contributed by atoms with Crippen LogP contribution < -0.4 is 10.9 Å². The smallest absolute Gasteiger partial charge is 0.360 e. The van der Waals surface area contributed by atoms with E-state index >= 15 is 0 Å². The lowest BCUT2D eigenvalue weighted by Crippen LogP contribution is -2.38. The minimum atomic E-state index is -0.423. The maximum Gasteiger partial charge on any atom is 0.360 e. The van der Waals surface area contributed by atoms with Crippen molar-refractivity contribution in [3.63, 3.8) is 0 Å². The van der Waals surface area contributed by atoms with E-state index in [1.807, 2.05) is 18.2 Å². The van der Waals surface area contributed by atoms with Crippen molar-refractivity contribution in [2.24, 2.45) is 5.92 Å². The predicted octanol–water partition coefficient (Wildman–Crippen LogP) is 4.34. The second kappa shape index (κ2) is 6.45. The van der Waals surface area contributed by atoms with Crippen molar-refractivity contribution in [3.05, 3.63) is 80.2 Å². The van der Waals surface area contributed by atoms with E-state index in [0.29, 0.717) is 17.9 Å². The zero-order valence-corrected chi connectivity index (χ0v) is 15.0. The molecule has 0 spiro atoms. The van der Waals surface area contributed by atoms with Gasteiger partial charge in [-0.05, 0) is 24.5 Å². The Morgan fingerprint density at radius 1 is 1.11 bits per heavy atom. The second-order valence-corrected chi connectivity index (χ2v) is 7.24. The highest BCUT2D eigenvalue weighted by Gasteiger charge is 2.42. The number of hydrogen-bond donors (Lipinski definition) is 1. The normalized spacial score (nSPS) is 23.5. The highest BCUT2D eigenvalue weighted by molar-refractivity contribution is 5.86. The average molecular weight is 378 g/mol. The molecule has 0 bridgehead atoms. The van der Waals surface area contributed by atoms with Gasteiger partial charge in [-0.25, -0.2) is 4.79 Å². The molecule has 0 saturated carbocycles. The van der Waals surface area contributed by atoms with Gasteiger partial charge in [-0.2, -0.15) is 0 Å². The first-order valence-electron chi connectivity index (χ1n) is 9.32. The largest absolute Gasteiger partial charge is 0.421 e. The van der Waals surface area contributed by atoms with Gasteiger partial charge in [-0.1, -0.05) is 30.3 Å². The van der Waals surface area contributed by atoms with Crippen LogP contribution in [-0.4, -0.2) is 11.5 Å². The van der Waals surface area contributed by atoms with Gasteiger partial charge in [0.2, 0.25) is 0 Å². The van der Waals surface area contributed by atoms with E-state index in [1.165, 1.54) is 12.1 Å². The first kappa shape index (κ1) is 16.9. The van der Waals surface area contributed by atoms with Crippen LogP contribution in [0.3, 0.4) is 0 Å². The standard InChI is InChI=1S/C21H18N2O5/c24-21-19-17(14-4-1-2-6-16(14)28-21)20-15(5-3-11-27-20)18(22-19)12-7-9-13(10-8-12)23(25)26/h1-2,4,6-10,15,18,20,22H,3,5,11H2/t15-,18-,20-/m0/s1. The van der Waals surface area contributed by atoms with Crippen LogP contribution in [0.2, 0.25) is 0 Å². The third-order valence-corrected chi connectivity index (χ3v) is 5.70. The summed E-state index contributed by atoms with van der Waals surface area (Å²) in [6, 6.07) is 13.8. The Morgan fingerprint density at radius 2 is 1.89 bits per heavy atom. The van der Waals surface area contributed by atoms with Gasteiger partial charge >= 0.3 is 5.63 Å². The molecule has 1 saturated heterocycles. The van der Waals surface area contributed by atoms with Gasteiger partial charge < -0.3 is 14.5 Å². The summed E-state index contributed by atoms with van der Waals surface area (Å²) in [6.45, 7) is 0.641. The number of para-hydroxylation sites is 1. The fourth-order valence-corrected chi connectivity index (χ4v) is 4.45. The summed E-state index contributed by atoms with van der Waals surface area (Å²) in [6.07, 6.45) is 1.65. The van der Waals surface area contributed by atoms with E-state index in [2.05, 4.69) is 5.32 Å². The Hall–Kier alpha value is -3.19. The molecule has 0 unspecified atom stereocenters. The Kier molecular flexibility index (Phi) is 3.91. The molecule has 0 amide bonds. The highest BCUT2D eigenvalue weighted by Crippen LogP contribution is 2.50. The zero-order chi connectivity index (χ0) is 19.3. The molecular weight excluding hydrogens is 360 g/mol. The second-order valence-electron chi connectivity index (χ2n) is 7.24. The van der Waals surface area contributed by atoms with Crippen molar-refractivity contribution >= 4 is 22.3 Å². The van der Waals surface area contributed by atoms with Crippen molar-refractivity contribution in [1.29, 1.82) is 0 Å².